The number of carbonyl (C=O) groups is 1. The van der Waals surface area contributed by atoms with Crippen LogP contribution in [-0.4, -0.2) is 40.1 Å². The first kappa shape index (κ1) is 14.9. The quantitative estimate of drug-likeness (QED) is 0.911. The summed E-state index contributed by atoms with van der Waals surface area (Å²) in [7, 11) is 0. The van der Waals surface area contributed by atoms with Gasteiger partial charge in [0.05, 0.1) is 17.3 Å². The zero-order chi connectivity index (χ0) is 15.5. The van der Waals surface area contributed by atoms with Crippen molar-refractivity contribution in [3.05, 3.63) is 36.0 Å². The number of hydrogen-bond acceptors (Lipinski definition) is 4. The third-order valence-electron chi connectivity index (χ3n) is 3.93. The number of anilines is 1. The van der Waals surface area contributed by atoms with Gasteiger partial charge in [0.1, 0.15) is 0 Å². The molecule has 3 rings (SSSR count). The van der Waals surface area contributed by atoms with Gasteiger partial charge in [-0.25, -0.2) is 0 Å². The van der Waals surface area contributed by atoms with Crippen molar-refractivity contribution in [3.63, 3.8) is 0 Å². The molecule has 2 N–H and O–H groups in total. The predicted octanol–water partition coefficient (Wildman–Crippen LogP) is 2.15. The van der Waals surface area contributed by atoms with Crippen LogP contribution in [0.1, 0.15) is 25.5 Å². The highest BCUT2D eigenvalue weighted by atomic mass is 16.3. The second kappa shape index (κ2) is 6.42. The number of β-amino-alcohol motifs (C(OH)–C–C–N with tert-alkyl or cyclic N) is 1. The van der Waals surface area contributed by atoms with Crippen molar-refractivity contribution in [1.29, 1.82) is 0 Å². The van der Waals surface area contributed by atoms with Crippen LogP contribution in [0.2, 0.25) is 0 Å². The second-order valence-electron chi connectivity index (χ2n) is 5.92. The molecule has 22 heavy (non-hydrogen) atoms. The number of amides is 1. The van der Waals surface area contributed by atoms with Gasteiger partial charge in [0.25, 0.3) is 0 Å². The van der Waals surface area contributed by atoms with Gasteiger partial charge in [-0.3, -0.25) is 14.7 Å². The fourth-order valence-corrected chi connectivity index (χ4v) is 2.94. The van der Waals surface area contributed by atoms with Gasteiger partial charge in [-0.2, -0.15) is 0 Å². The van der Waals surface area contributed by atoms with Crippen molar-refractivity contribution in [1.82, 2.24) is 9.88 Å². The molecule has 1 fully saturated rings. The lowest BCUT2D eigenvalue weighted by Gasteiger charge is -2.29. The normalized spacial score (nSPS) is 19.3. The van der Waals surface area contributed by atoms with Crippen LogP contribution in [0.15, 0.2) is 30.3 Å². The first-order valence-electron chi connectivity index (χ1n) is 7.68. The summed E-state index contributed by atoms with van der Waals surface area (Å²) in [4.78, 5) is 18.0. The monoisotopic (exact) mass is 299 g/mol. The molecule has 0 bridgehead atoms. The van der Waals surface area contributed by atoms with Crippen LogP contribution in [0.3, 0.4) is 0 Å². The highest BCUT2D eigenvalue weighted by Gasteiger charge is 2.18. The lowest BCUT2D eigenvalue weighted by molar-refractivity contribution is -0.114. The van der Waals surface area contributed by atoms with E-state index in [1.54, 1.807) is 0 Å². The minimum atomic E-state index is -0.214. The Hall–Kier alpha value is -1.98. The maximum Gasteiger partial charge on any atom is 0.221 e. The molecule has 1 amide bonds. The van der Waals surface area contributed by atoms with Crippen LogP contribution in [0.4, 0.5) is 5.69 Å². The molecule has 1 aromatic carbocycles. The predicted molar refractivity (Wildman–Crippen MR) is 86.6 cm³/mol. The highest BCUT2D eigenvalue weighted by molar-refractivity contribution is 5.92. The molecule has 0 aliphatic carbocycles. The summed E-state index contributed by atoms with van der Waals surface area (Å²) in [6.45, 7) is 4.00. The van der Waals surface area contributed by atoms with Crippen LogP contribution in [0.5, 0.6) is 0 Å². The Kier molecular flexibility index (Phi) is 4.36. The van der Waals surface area contributed by atoms with E-state index >= 15 is 0 Å². The number of benzene rings is 1. The van der Waals surface area contributed by atoms with Crippen LogP contribution < -0.4 is 5.32 Å². The summed E-state index contributed by atoms with van der Waals surface area (Å²) in [6.07, 6.45) is 1.72. The minimum absolute atomic E-state index is 0.0763. The zero-order valence-electron chi connectivity index (χ0n) is 12.7. The summed E-state index contributed by atoms with van der Waals surface area (Å²) >= 11 is 0. The molecule has 2 aromatic rings. The molecule has 1 aliphatic heterocycles. The van der Waals surface area contributed by atoms with Crippen molar-refractivity contribution in [2.45, 2.75) is 32.4 Å². The Balaban J connectivity index is 1.76. The molecule has 1 atom stereocenters. The molecular formula is C17H21N3O2. The van der Waals surface area contributed by atoms with Gasteiger partial charge < -0.3 is 10.4 Å². The van der Waals surface area contributed by atoms with Gasteiger partial charge in [-0.1, -0.05) is 6.07 Å². The van der Waals surface area contributed by atoms with Gasteiger partial charge in [0, 0.05) is 31.1 Å². The number of pyridine rings is 1. The molecule has 5 heteroatoms. The Morgan fingerprint density at radius 2 is 2.27 bits per heavy atom. The Morgan fingerprint density at radius 3 is 3.05 bits per heavy atom. The average molecular weight is 299 g/mol. The van der Waals surface area contributed by atoms with Crippen LogP contribution in [0, 0.1) is 0 Å². The Bertz CT molecular complexity index is 687. The fourth-order valence-electron chi connectivity index (χ4n) is 2.94. The smallest absolute Gasteiger partial charge is 0.221 e. The van der Waals surface area contributed by atoms with E-state index in [2.05, 4.69) is 15.2 Å². The molecule has 0 spiro atoms. The fraction of sp³-hybridized carbons (Fsp3) is 0.412. The molecule has 1 aliphatic rings. The molecule has 116 valence electrons. The largest absolute Gasteiger partial charge is 0.392 e. The van der Waals surface area contributed by atoms with E-state index in [0.717, 1.165) is 54.8 Å². The van der Waals surface area contributed by atoms with Gasteiger partial charge in [0.15, 0.2) is 0 Å². The number of likely N-dealkylation sites (tertiary alicyclic amines) is 1. The third-order valence-corrected chi connectivity index (χ3v) is 3.93. The summed E-state index contributed by atoms with van der Waals surface area (Å²) in [5, 5.41) is 13.5. The number of nitrogens with zero attached hydrogens (tertiary/aromatic N) is 2. The number of piperidine rings is 1. The van der Waals surface area contributed by atoms with E-state index in [0.29, 0.717) is 0 Å². The maximum atomic E-state index is 11.1. The van der Waals surface area contributed by atoms with Crippen molar-refractivity contribution in [3.8, 4) is 0 Å². The second-order valence-corrected chi connectivity index (χ2v) is 5.92. The summed E-state index contributed by atoms with van der Waals surface area (Å²) in [5.74, 6) is -0.0763. The number of fused-ring (bicyclic) bond motifs is 1. The average Bonchev–Trinajstić information content (AvgIpc) is 2.47. The van der Waals surface area contributed by atoms with E-state index in [9.17, 15) is 9.90 Å². The third kappa shape index (κ3) is 3.61. The highest BCUT2D eigenvalue weighted by Crippen LogP contribution is 2.19. The Labute approximate surface area is 130 Å². The van der Waals surface area contributed by atoms with Crippen LogP contribution in [0.25, 0.3) is 10.9 Å². The zero-order valence-corrected chi connectivity index (χ0v) is 12.7. The summed E-state index contributed by atoms with van der Waals surface area (Å²) < 4.78 is 0. The number of aromatic nitrogens is 1. The summed E-state index contributed by atoms with van der Waals surface area (Å²) in [5.41, 5.74) is 2.71. The van der Waals surface area contributed by atoms with E-state index in [4.69, 9.17) is 0 Å². The molecule has 1 aromatic heterocycles. The number of nitrogens with one attached hydrogen (secondary N) is 1. The van der Waals surface area contributed by atoms with Gasteiger partial charge in [-0.05, 0) is 43.7 Å². The van der Waals surface area contributed by atoms with Crippen molar-refractivity contribution < 1.29 is 9.90 Å². The number of rotatable bonds is 3. The van der Waals surface area contributed by atoms with Crippen LogP contribution >= 0.6 is 0 Å². The molecule has 2 heterocycles. The number of carbonyl (C=O) groups excluding carboxylic acids is 1. The van der Waals surface area contributed by atoms with E-state index in [-0.39, 0.29) is 12.0 Å². The maximum absolute atomic E-state index is 11.1. The van der Waals surface area contributed by atoms with Crippen molar-refractivity contribution >= 4 is 22.5 Å². The van der Waals surface area contributed by atoms with Gasteiger partial charge in [-0.15, -0.1) is 0 Å². The van der Waals surface area contributed by atoms with Gasteiger partial charge >= 0.3 is 0 Å². The first-order valence-corrected chi connectivity index (χ1v) is 7.68. The van der Waals surface area contributed by atoms with Gasteiger partial charge in [0.2, 0.25) is 5.91 Å². The van der Waals surface area contributed by atoms with E-state index < -0.39 is 0 Å². The SMILES string of the molecule is CC(=O)Nc1ccc2nc(CN3CCCC(O)C3)ccc2c1. The minimum Gasteiger partial charge on any atom is -0.392 e. The molecule has 5 nitrogen and oxygen atoms in total. The topological polar surface area (TPSA) is 65.5 Å². The standard InChI is InChI=1S/C17H21N3O2/c1-12(21)18-14-6-7-17-13(9-14)4-5-15(19-17)10-20-8-2-3-16(22)11-20/h4-7,9,16,22H,2-3,8,10-11H2,1H3,(H,18,21). The lowest BCUT2D eigenvalue weighted by atomic mass is 10.1. The van der Waals surface area contributed by atoms with Crippen molar-refractivity contribution in [2.24, 2.45) is 0 Å². The molecule has 0 saturated carbocycles. The Morgan fingerprint density at radius 1 is 1.41 bits per heavy atom. The molecule has 0 radical (unpaired) electrons. The van der Waals surface area contributed by atoms with Crippen LogP contribution in [-0.2, 0) is 11.3 Å². The molecule has 1 unspecified atom stereocenters. The van der Waals surface area contributed by atoms with E-state index in [1.807, 2.05) is 30.3 Å². The first-order chi connectivity index (χ1) is 10.6. The van der Waals surface area contributed by atoms with Crippen molar-refractivity contribution in [2.75, 3.05) is 18.4 Å². The number of hydrogen-bond donors (Lipinski definition) is 2. The molecule has 1 saturated heterocycles. The number of aliphatic hydroxyl groups is 1. The molecular weight excluding hydrogens is 278 g/mol. The summed E-state index contributed by atoms with van der Waals surface area (Å²) in [6, 6.07) is 9.77. The lowest BCUT2D eigenvalue weighted by Crippen LogP contribution is -2.37. The van der Waals surface area contributed by atoms with E-state index in [1.165, 1.54) is 6.92 Å². The number of aliphatic hydroxyl groups excluding tert-OH is 1.